The average Bonchev–Trinajstić information content (AvgIpc) is 2.99. The lowest BCUT2D eigenvalue weighted by molar-refractivity contribution is -0.113. The molecular formula is C23H18OS2. The quantitative estimate of drug-likeness (QED) is 0.520. The lowest BCUT2D eigenvalue weighted by Gasteiger charge is -2.15. The van der Waals surface area contributed by atoms with E-state index in [1.165, 1.54) is 14.7 Å². The van der Waals surface area contributed by atoms with E-state index in [0.717, 1.165) is 11.1 Å². The van der Waals surface area contributed by atoms with Crippen molar-refractivity contribution in [1.82, 2.24) is 0 Å². The van der Waals surface area contributed by atoms with Gasteiger partial charge in [0.05, 0.1) is 0 Å². The van der Waals surface area contributed by atoms with E-state index >= 15 is 0 Å². The van der Waals surface area contributed by atoms with Crippen LogP contribution >= 0.6 is 23.5 Å². The third kappa shape index (κ3) is 3.79. The molecule has 1 nitrogen and oxygen atoms in total. The summed E-state index contributed by atoms with van der Waals surface area (Å²) >= 11 is 3.50. The fourth-order valence-electron chi connectivity index (χ4n) is 3.06. The van der Waals surface area contributed by atoms with E-state index < -0.39 is 0 Å². The number of thioether (sulfide) groups is 2. The summed E-state index contributed by atoms with van der Waals surface area (Å²) in [5, 5.41) is 0.158. The van der Waals surface area contributed by atoms with Crippen LogP contribution in [0, 0.1) is 0 Å². The molecule has 0 spiro atoms. The Bertz CT molecular complexity index is 918. The highest BCUT2D eigenvalue weighted by molar-refractivity contribution is 8.06. The first kappa shape index (κ1) is 17.2. The van der Waals surface area contributed by atoms with Crippen LogP contribution < -0.4 is 0 Å². The van der Waals surface area contributed by atoms with Crippen LogP contribution in [0.3, 0.4) is 0 Å². The zero-order valence-electron chi connectivity index (χ0n) is 14.2. The zero-order chi connectivity index (χ0) is 17.8. The van der Waals surface area contributed by atoms with Crippen molar-refractivity contribution in [2.75, 3.05) is 0 Å². The van der Waals surface area contributed by atoms with Crippen molar-refractivity contribution in [3.05, 3.63) is 101 Å². The summed E-state index contributed by atoms with van der Waals surface area (Å²) in [5.41, 5.74) is 1.90. The lowest BCUT2D eigenvalue weighted by Crippen LogP contribution is -2.01. The van der Waals surface area contributed by atoms with E-state index in [4.69, 9.17) is 0 Å². The fraction of sp³-hybridized carbons (Fsp3) is 0.0870. The number of hydrogen-bond acceptors (Lipinski definition) is 3. The Morgan fingerprint density at radius 1 is 0.692 bits per heavy atom. The summed E-state index contributed by atoms with van der Waals surface area (Å²) in [6.07, 6.45) is 0.555. The van der Waals surface area contributed by atoms with Gasteiger partial charge in [0, 0.05) is 31.9 Å². The van der Waals surface area contributed by atoms with Gasteiger partial charge in [-0.25, -0.2) is 0 Å². The number of benzene rings is 3. The van der Waals surface area contributed by atoms with Crippen LogP contribution in [-0.4, -0.2) is 11.0 Å². The van der Waals surface area contributed by atoms with E-state index in [1.54, 1.807) is 23.5 Å². The molecule has 0 aromatic heterocycles. The largest absolute Gasteiger partial charge is 0.294 e. The van der Waals surface area contributed by atoms with Gasteiger partial charge in [-0.3, -0.25) is 4.79 Å². The Morgan fingerprint density at radius 2 is 1.23 bits per heavy atom. The Labute approximate surface area is 162 Å². The Hall–Kier alpha value is -2.23. The number of allylic oxidation sites excluding steroid dienone is 1. The molecule has 0 amide bonds. The minimum atomic E-state index is 0.158. The third-order valence-corrected chi connectivity index (χ3v) is 6.84. The number of Topliss-reactive ketones (excluding diaryl/α,β-unsaturated/α-hetero) is 1. The topological polar surface area (TPSA) is 17.1 Å². The van der Waals surface area contributed by atoms with Crippen LogP contribution in [0.15, 0.2) is 106 Å². The van der Waals surface area contributed by atoms with Gasteiger partial charge in [0.2, 0.25) is 0 Å². The molecule has 0 radical (unpaired) electrons. The summed E-state index contributed by atoms with van der Waals surface area (Å²) in [6, 6.07) is 30.7. The molecule has 0 fully saturated rings. The smallest absolute Gasteiger partial charge is 0.165 e. The summed E-state index contributed by atoms with van der Waals surface area (Å²) in [7, 11) is 0. The number of rotatable bonds is 5. The zero-order valence-corrected chi connectivity index (χ0v) is 15.8. The summed E-state index contributed by atoms with van der Waals surface area (Å²) in [5.74, 6) is 0.239. The van der Waals surface area contributed by atoms with Crippen molar-refractivity contribution in [1.29, 1.82) is 0 Å². The first-order chi connectivity index (χ1) is 12.8. The molecule has 0 bridgehead atoms. The maximum Gasteiger partial charge on any atom is 0.165 e. The second kappa shape index (κ2) is 7.98. The van der Waals surface area contributed by atoms with Crippen LogP contribution in [0.2, 0.25) is 0 Å². The molecule has 0 aliphatic heterocycles. The van der Waals surface area contributed by atoms with Crippen molar-refractivity contribution >= 4 is 34.9 Å². The van der Waals surface area contributed by atoms with Gasteiger partial charge in [-0.05, 0) is 29.8 Å². The second-order valence-corrected chi connectivity index (χ2v) is 8.46. The van der Waals surface area contributed by atoms with E-state index in [2.05, 4.69) is 24.3 Å². The minimum Gasteiger partial charge on any atom is -0.294 e. The Kier molecular flexibility index (Phi) is 5.28. The highest BCUT2D eigenvalue weighted by atomic mass is 32.2. The van der Waals surface area contributed by atoms with Gasteiger partial charge in [-0.2, -0.15) is 0 Å². The SMILES string of the molecule is O=C1CC(Sc2ccccc2)C(Sc2ccccc2)=C1c1ccccc1. The van der Waals surface area contributed by atoms with Crippen LogP contribution in [0.25, 0.3) is 5.57 Å². The Morgan fingerprint density at radius 3 is 1.85 bits per heavy atom. The van der Waals surface area contributed by atoms with Gasteiger partial charge < -0.3 is 0 Å². The first-order valence-electron chi connectivity index (χ1n) is 8.58. The molecule has 26 heavy (non-hydrogen) atoms. The van der Waals surface area contributed by atoms with Gasteiger partial charge >= 0.3 is 0 Å². The lowest BCUT2D eigenvalue weighted by atomic mass is 10.1. The molecule has 4 rings (SSSR count). The van der Waals surface area contributed by atoms with Gasteiger partial charge in [-0.1, -0.05) is 78.5 Å². The number of carbonyl (C=O) groups excluding carboxylic acids is 1. The van der Waals surface area contributed by atoms with Crippen LogP contribution in [0.4, 0.5) is 0 Å². The van der Waals surface area contributed by atoms with E-state index in [1.807, 2.05) is 66.7 Å². The molecule has 3 heteroatoms. The first-order valence-corrected chi connectivity index (χ1v) is 10.3. The van der Waals surface area contributed by atoms with Gasteiger partial charge in [-0.15, -0.1) is 11.8 Å². The maximum absolute atomic E-state index is 12.9. The molecule has 128 valence electrons. The highest BCUT2D eigenvalue weighted by Crippen LogP contribution is 2.47. The van der Waals surface area contributed by atoms with Gasteiger partial charge in [0.1, 0.15) is 0 Å². The molecule has 1 aliphatic carbocycles. The number of carbonyl (C=O) groups is 1. The molecule has 0 heterocycles. The predicted octanol–water partition coefficient (Wildman–Crippen LogP) is 6.32. The van der Waals surface area contributed by atoms with E-state index in [-0.39, 0.29) is 11.0 Å². The molecule has 1 unspecified atom stereocenters. The van der Waals surface area contributed by atoms with Crippen molar-refractivity contribution in [3.8, 4) is 0 Å². The Balaban J connectivity index is 1.74. The van der Waals surface area contributed by atoms with Crippen molar-refractivity contribution < 1.29 is 4.79 Å². The van der Waals surface area contributed by atoms with Gasteiger partial charge in [0.25, 0.3) is 0 Å². The molecule has 0 saturated heterocycles. The standard InChI is InChI=1S/C23H18OS2/c24-20-16-21(25-18-12-6-2-7-13-18)23(26-19-14-8-3-9-15-19)22(20)17-10-4-1-5-11-17/h1-15,21H,16H2. The molecule has 1 aliphatic rings. The highest BCUT2D eigenvalue weighted by Gasteiger charge is 2.34. The van der Waals surface area contributed by atoms with E-state index in [9.17, 15) is 4.79 Å². The molecular weight excluding hydrogens is 356 g/mol. The average molecular weight is 375 g/mol. The second-order valence-electron chi connectivity index (χ2n) is 6.07. The summed E-state index contributed by atoms with van der Waals surface area (Å²) < 4.78 is 0. The van der Waals surface area contributed by atoms with Crippen molar-refractivity contribution in [2.24, 2.45) is 0 Å². The summed E-state index contributed by atoms with van der Waals surface area (Å²) in [4.78, 5) is 16.4. The number of hydrogen-bond donors (Lipinski definition) is 0. The molecule has 3 aromatic carbocycles. The van der Waals surface area contributed by atoms with E-state index in [0.29, 0.717) is 6.42 Å². The van der Waals surface area contributed by atoms with Crippen LogP contribution in [0.1, 0.15) is 12.0 Å². The van der Waals surface area contributed by atoms with Crippen molar-refractivity contribution in [3.63, 3.8) is 0 Å². The molecule has 0 N–H and O–H groups in total. The maximum atomic E-state index is 12.9. The third-order valence-electron chi connectivity index (χ3n) is 4.24. The molecule has 0 saturated carbocycles. The molecule has 3 aromatic rings. The normalized spacial score (nSPS) is 16.9. The van der Waals surface area contributed by atoms with Gasteiger partial charge in [0.15, 0.2) is 5.78 Å². The number of ketones is 1. The minimum absolute atomic E-state index is 0.158. The fourth-order valence-corrected chi connectivity index (χ4v) is 5.55. The predicted molar refractivity (Wildman–Crippen MR) is 111 cm³/mol. The van der Waals surface area contributed by atoms with Crippen LogP contribution in [0.5, 0.6) is 0 Å². The van der Waals surface area contributed by atoms with Crippen molar-refractivity contribution in [2.45, 2.75) is 21.5 Å². The monoisotopic (exact) mass is 374 g/mol. The summed E-state index contributed by atoms with van der Waals surface area (Å²) in [6.45, 7) is 0. The van der Waals surface area contributed by atoms with Crippen LogP contribution in [-0.2, 0) is 4.79 Å². The molecule has 1 atom stereocenters.